The van der Waals surface area contributed by atoms with E-state index in [2.05, 4.69) is 9.55 Å². The molecule has 0 spiro atoms. The van der Waals surface area contributed by atoms with Crippen LogP contribution in [0.15, 0.2) is 36.7 Å². The Hall–Kier alpha value is -1.85. The molecule has 3 rings (SSSR count). The Morgan fingerprint density at radius 3 is 3.00 bits per heavy atom. The molecule has 24 heavy (non-hydrogen) atoms. The van der Waals surface area contributed by atoms with Gasteiger partial charge in [0.25, 0.3) is 0 Å². The first-order valence-electron chi connectivity index (χ1n) is 8.17. The molecule has 5 nitrogen and oxygen atoms in total. The summed E-state index contributed by atoms with van der Waals surface area (Å²) in [6, 6.07) is 7.79. The quantitative estimate of drug-likeness (QED) is 0.737. The number of rotatable bonds is 8. The van der Waals surface area contributed by atoms with E-state index < -0.39 is 0 Å². The summed E-state index contributed by atoms with van der Waals surface area (Å²) in [7, 11) is 1.55. The molecule has 0 bridgehead atoms. The first-order valence-corrected chi connectivity index (χ1v) is 8.54. The van der Waals surface area contributed by atoms with E-state index >= 15 is 0 Å². The maximum atomic E-state index is 12.3. The third-order valence-electron chi connectivity index (χ3n) is 4.17. The summed E-state index contributed by atoms with van der Waals surface area (Å²) in [5.74, 6) is 1.52. The van der Waals surface area contributed by atoms with Crippen molar-refractivity contribution in [3.05, 3.63) is 53.1 Å². The van der Waals surface area contributed by atoms with Gasteiger partial charge in [-0.1, -0.05) is 23.7 Å². The van der Waals surface area contributed by atoms with E-state index in [1.165, 1.54) is 12.8 Å². The Balaban J connectivity index is 1.71. The van der Waals surface area contributed by atoms with E-state index in [0.717, 1.165) is 23.0 Å². The second-order valence-electron chi connectivity index (χ2n) is 6.25. The fourth-order valence-electron chi connectivity index (χ4n) is 2.72. The second kappa shape index (κ2) is 7.81. The minimum absolute atomic E-state index is 0.0155. The van der Waals surface area contributed by atoms with Crippen LogP contribution in [0, 0.1) is 5.92 Å². The lowest BCUT2D eigenvalue weighted by atomic mass is 10.2. The van der Waals surface area contributed by atoms with Crippen molar-refractivity contribution in [2.75, 3.05) is 20.3 Å². The zero-order valence-electron chi connectivity index (χ0n) is 13.8. The van der Waals surface area contributed by atoms with Gasteiger partial charge in [-0.05, 0) is 36.5 Å². The summed E-state index contributed by atoms with van der Waals surface area (Å²) in [4.78, 5) is 18.6. The van der Waals surface area contributed by atoms with Crippen molar-refractivity contribution in [2.24, 2.45) is 5.92 Å². The SMILES string of the molecule is COCC(=O)N(Cc1nccn1Cc1cccc(Cl)c1)CC1CC1. The molecule has 1 heterocycles. The van der Waals surface area contributed by atoms with Crippen molar-refractivity contribution >= 4 is 17.5 Å². The fraction of sp³-hybridized carbons (Fsp3) is 0.444. The standard InChI is InChI=1S/C18H22ClN3O2/c1-24-13-18(23)22(10-14-5-6-14)12-17-20-7-8-21(17)11-15-3-2-4-16(19)9-15/h2-4,7-9,14H,5-6,10-13H2,1H3. The van der Waals surface area contributed by atoms with Crippen LogP contribution in [0.5, 0.6) is 0 Å². The number of nitrogens with zero attached hydrogens (tertiary/aromatic N) is 3. The topological polar surface area (TPSA) is 47.4 Å². The van der Waals surface area contributed by atoms with Gasteiger partial charge in [0.15, 0.2) is 0 Å². The second-order valence-corrected chi connectivity index (χ2v) is 6.69. The van der Waals surface area contributed by atoms with E-state index in [4.69, 9.17) is 16.3 Å². The molecular formula is C18H22ClN3O2. The van der Waals surface area contributed by atoms with E-state index in [-0.39, 0.29) is 12.5 Å². The maximum absolute atomic E-state index is 12.3. The van der Waals surface area contributed by atoms with Gasteiger partial charge in [-0.3, -0.25) is 4.79 Å². The number of carbonyl (C=O) groups is 1. The molecule has 2 aromatic rings. The highest BCUT2D eigenvalue weighted by Gasteiger charge is 2.27. The zero-order chi connectivity index (χ0) is 16.9. The van der Waals surface area contributed by atoms with Crippen molar-refractivity contribution < 1.29 is 9.53 Å². The van der Waals surface area contributed by atoms with Crippen molar-refractivity contribution in [1.82, 2.24) is 14.5 Å². The molecule has 1 aliphatic carbocycles. The molecule has 0 radical (unpaired) electrons. The lowest BCUT2D eigenvalue weighted by Gasteiger charge is -2.22. The molecule has 1 amide bonds. The first-order chi connectivity index (χ1) is 11.7. The van der Waals surface area contributed by atoms with Gasteiger partial charge in [-0.2, -0.15) is 0 Å². The molecule has 1 aromatic carbocycles. The highest BCUT2D eigenvalue weighted by Crippen LogP contribution is 2.30. The molecule has 6 heteroatoms. The van der Waals surface area contributed by atoms with Crippen molar-refractivity contribution in [2.45, 2.75) is 25.9 Å². The molecule has 1 aliphatic rings. The molecular weight excluding hydrogens is 326 g/mol. The summed E-state index contributed by atoms with van der Waals surface area (Å²) in [6.45, 7) is 2.09. The highest BCUT2D eigenvalue weighted by atomic mass is 35.5. The van der Waals surface area contributed by atoms with Gasteiger partial charge in [0.2, 0.25) is 5.91 Å². The lowest BCUT2D eigenvalue weighted by molar-refractivity contribution is -0.136. The predicted molar refractivity (Wildman–Crippen MR) is 92.8 cm³/mol. The number of aromatic nitrogens is 2. The molecule has 1 fully saturated rings. The Bertz CT molecular complexity index is 697. The average molecular weight is 348 g/mol. The predicted octanol–water partition coefficient (Wildman–Crippen LogP) is 2.97. The molecule has 0 saturated heterocycles. The molecule has 1 saturated carbocycles. The summed E-state index contributed by atoms with van der Waals surface area (Å²) >= 11 is 6.06. The van der Waals surface area contributed by atoms with Crippen LogP contribution in [0.25, 0.3) is 0 Å². The average Bonchev–Trinajstić information content (AvgIpc) is 3.27. The number of amides is 1. The maximum Gasteiger partial charge on any atom is 0.248 e. The lowest BCUT2D eigenvalue weighted by Crippen LogP contribution is -2.36. The number of halogens is 1. The van der Waals surface area contributed by atoms with Crippen LogP contribution in [0.1, 0.15) is 24.2 Å². The summed E-state index contributed by atoms with van der Waals surface area (Å²) in [6.07, 6.45) is 6.11. The number of benzene rings is 1. The summed E-state index contributed by atoms with van der Waals surface area (Å²) in [5.41, 5.74) is 1.11. The van der Waals surface area contributed by atoms with Crippen molar-refractivity contribution in [3.8, 4) is 0 Å². The van der Waals surface area contributed by atoms with E-state index in [9.17, 15) is 4.79 Å². The molecule has 0 unspecified atom stereocenters. The summed E-state index contributed by atoms with van der Waals surface area (Å²) < 4.78 is 7.07. The Morgan fingerprint density at radius 2 is 2.29 bits per heavy atom. The van der Waals surface area contributed by atoms with Crippen molar-refractivity contribution in [1.29, 1.82) is 0 Å². The van der Waals surface area contributed by atoms with Gasteiger partial charge in [0.05, 0.1) is 6.54 Å². The molecule has 0 aliphatic heterocycles. The van der Waals surface area contributed by atoms with Gasteiger partial charge in [-0.15, -0.1) is 0 Å². The highest BCUT2D eigenvalue weighted by molar-refractivity contribution is 6.30. The molecule has 1 aromatic heterocycles. The first kappa shape index (κ1) is 17.0. The number of hydrogen-bond acceptors (Lipinski definition) is 3. The number of ether oxygens (including phenoxy) is 1. The number of carbonyl (C=O) groups excluding carboxylic acids is 1. The normalized spacial score (nSPS) is 13.9. The van der Waals surface area contributed by atoms with Crippen LogP contribution < -0.4 is 0 Å². The van der Waals surface area contributed by atoms with Crippen LogP contribution in [-0.4, -0.2) is 40.6 Å². The molecule has 0 N–H and O–H groups in total. The van der Waals surface area contributed by atoms with Gasteiger partial charge in [0, 0.05) is 37.6 Å². The third-order valence-corrected chi connectivity index (χ3v) is 4.41. The van der Waals surface area contributed by atoms with E-state index in [1.807, 2.05) is 35.4 Å². The number of imidazole rings is 1. The number of hydrogen-bond donors (Lipinski definition) is 0. The fourth-order valence-corrected chi connectivity index (χ4v) is 2.93. The van der Waals surface area contributed by atoms with Crippen LogP contribution in [-0.2, 0) is 22.6 Å². The summed E-state index contributed by atoms with van der Waals surface area (Å²) in [5, 5.41) is 0.722. The largest absolute Gasteiger partial charge is 0.375 e. The van der Waals surface area contributed by atoms with Crippen molar-refractivity contribution in [3.63, 3.8) is 0 Å². The smallest absolute Gasteiger partial charge is 0.248 e. The minimum atomic E-state index is 0.0155. The van der Waals surface area contributed by atoms with Crippen LogP contribution in [0.3, 0.4) is 0 Å². The Kier molecular flexibility index (Phi) is 5.53. The Morgan fingerprint density at radius 1 is 1.46 bits per heavy atom. The molecule has 128 valence electrons. The van der Waals surface area contributed by atoms with Gasteiger partial charge in [0.1, 0.15) is 12.4 Å². The monoisotopic (exact) mass is 347 g/mol. The zero-order valence-corrected chi connectivity index (χ0v) is 14.6. The van der Waals surface area contributed by atoms with Crippen LogP contribution in [0.4, 0.5) is 0 Å². The Labute approximate surface area is 147 Å². The van der Waals surface area contributed by atoms with E-state index in [1.54, 1.807) is 13.3 Å². The van der Waals surface area contributed by atoms with E-state index in [0.29, 0.717) is 19.0 Å². The van der Waals surface area contributed by atoms with Gasteiger partial charge in [-0.25, -0.2) is 4.98 Å². The van der Waals surface area contributed by atoms with Crippen LogP contribution >= 0.6 is 11.6 Å². The minimum Gasteiger partial charge on any atom is -0.375 e. The molecule has 0 atom stereocenters. The van der Waals surface area contributed by atoms with Gasteiger partial charge >= 0.3 is 0 Å². The third kappa shape index (κ3) is 4.58. The van der Waals surface area contributed by atoms with Crippen LogP contribution in [0.2, 0.25) is 5.02 Å². The number of methoxy groups -OCH3 is 1. The van der Waals surface area contributed by atoms with Gasteiger partial charge < -0.3 is 14.2 Å².